The van der Waals surface area contributed by atoms with Gasteiger partial charge in [0.05, 0.1) is 5.92 Å². The summed E-state index contributed by atoms with van der Waals surface area (Å²) in [6.07, 6.45) is 5.25. The molecule has 0 aromatic carbocycles. The second kappa shape index (κ2) is 7.76. The minimum atomic E-state index is -0.705. The van der Waals surface area contributed by atoms with Gasteiger partial charge in [0.1, 0.15) is 0 Å². The van der Waals surface area contributed by atoms with Gasteiger partial charge in [-0.25, -0.2) is 4.79 Å². The summed E-state index contributed by atoms with van der Waals surface area (Å²) in [6, 6.07) is 0.0366. The zero-order valence-corrected chi connectivity index (χ0v) is 12.6. The van der Waals surface area contributed by atoms with Crippen molar-refractivity contribution in [1.29, 1.82) is 0 Å². The van der Waals surface area contributed by atoms with Crippen LogP contribution >= 0.6 is 11.8 Å². The molecule has 3 N–H and O–H groups in total. The van der Waals surface area contributed by atoms with Gasteiger partial charge in [-0.1, -0.05) is 0 Å². The summed E-state index contributed by atoms with van der Waals surface area (Å²) in [5.74, 6) is 2.09. The SMILES string of the molecule is O=C(NCC1CCSCC1)NC1CCC(C(=O)O)CC1. The lowest BCUT2D eigenvalue weighted by atomic mass is 9.86. The van der Waals surface area contributed by atoms with Gasteiger partial charge in [-0.05, 0) is 55.9 Å². The zero-order valence-electron chi connectivity index (χ0n) is 11.8. The summed E-state index contributed by atoms with van der Waals surface area (Å²) in [5, 5.41) is 14.9. The number of thioether (sulfide) groups is 1. The van der Waals surface area contributed by atoms with Gasteiger partial charge in [0.2, 0.25) is 0 Å². The Morgan fingerprint density at radius 3 is 2.30 bits per heavy atom. The van der Waals surface area contributed by atoms with E-state index >= 15 is 0 Å². The molecule has 0 aromatic rings. The largest absolute Gasteiger partial charge is 0.481 e. The molecule has 0 unspecified atom stereocenters. The molecule has 1 aliphatic heterocycles. The first-order valence-electron chi connectivity index (χ1n) is 7.50. The number of hydrogen-bond donors (Lipinski definition) is 3. The molecule has 0 atom stereocenters. The van der Waals surface area contributed by atoms with Crippen LogP contribution < -0.4 is 10.6 Å². The number of urea groups is 1. The molecule has 0 spiro atoms. The van der Waals surface area contributed by atoms with Gasteiger partial charge in [-0.15, -0.1) is 0 Å². The Morgan fingerprint density at radius 1 is 1.05 bits per heavy atom. The molecular formula is C14H24N2O3S. The number of carboxylic acids is 1. The van der Waals surface area contributed by atoms with Crippen LogP contribution in [0.15, 0.2) is 0 Å². The maximum atomic E-state index is 11.8. The molecule has 20 heavy (non-hydrogen) atoms. The second-order valence-electron chi connectivity index (χ2n) is 5.80. The van der Waals surface area contributed by atoms with Crippen molar-refractivity contribution in [3.63, 3.8) is 0 Å². The fraction of sp³-hybridized carbons (Fsp3) is 0.857. The van der Waals surface area contributed by atoms with Crippen LogP contribution in [0, 0.1) is 11.8 Å². The van der Waals surface area contributed by atoms with Crippen molar-refractivity contribution in [3.05, 3.63) is 0 Å². The zero-order chi connectivity index (χ0) is 14.4. The molecule has 6 heteroatoms. The molecule has 1 saturated heterocycles. The molecular weight excluding hydrogens is 276 g/mol. The van der Waals surface area contributed by atoms with E-state index in [2.05, 4.69) is 10.6 Å². The van der Waals surface area contributed by atoms with Crippen molar-refractivity contribution >= 4 is 23.8 Å². The molecule has 1 saturated carbocycles. The van der Waals surface area contributed by atoms with Crippen LogP contribution in [0.4, 0.5) is 4.79 Å². The fourth-order valence-corrected chi connectivity index (χ4v) is 4.11. The summed E-state index contributed by atoms with van der Waals surface area (Å²) in [4.78, 5) is 22.7. The smallest absolute Gasteiger partial charge is 0.315 e. The Hall–Kier alpha value is -0.910. The van der Waals surface area contributed by atoms with Gasteiger partial charge in [-0.2, -0.15) is 11.8 Å². The highest BCUT2D eigenvalue weighted by Gasteiger charge is 2.26. The summed E-state index contributed by atoms with van der Waals surface area (Å²) >= 11 is 1.99. The first-order chi connectivity index (χ1) is 9.65. The van der Waals surface area contributed by atoms with Gasteiger partial charge in [0, 0.05) is 12.6 Å². The predicted molar refractivity (Wildman–Crippen MR) is 80.0 cm³/mol. The molecule has 1 aliphatic carbocycles. The normalized spacial score (nSPS) is 27.8. The third-order valence-electron chi connectivity index (χ3n) is 4.30. The molecule has 2 aliphatic rings. The highest BCUT2D eigenvalue weighted by atomic mass is 32.2. The van der Waals surface area contributed by atoms with E-state index < -0.39 is 5.97 Å². The number of carbonyl (C=O) groups is 2. The van der Waals surface area contributed by atoms with Gasteiger partial charge in [-0.3, -0.25) is 4.79 Å². The number of carboxylic acid groups (broad SMARTS) is 1. The monoisotopic (exact) mass is 300 g/mol. The number of rotatable bonds is 4. The molecule has 0 aromatic heterocycles. The minimum absolute atomic E-state index is 0.0954. The average molecular weight is 300 g/mol. The minimum Gasteiger partial charge on any atom is -0.481 e. The van der Waals surface area contributed by atoms with Crippen molar-refractivity contribution in [2.45, 2.75) is 44.6 Å². The van der Waals surface area contributed by atoms with Crippen molar-refractivity contribution in [2.24, 2.45) is 11.8 Å². The van der Waals surface area contributed by atoms with E-state index in [1.54, 1.807) is 0 Å². The van der Waals surface area contributed by atoms with Crippen molar-refractivity contribution in [1.82, 2.24) is 10.6 Å². The first kappa shape index (κ1) is 15.5. The molecule has 2 fully saturated rings. The summed E-state index contributed by atoms with van der Waals surface area (Å²) in [5.41, 5.74) is 0. The number of amides is 2. The molecule has 2 rings (SSSR count). The number of carbonyl (C=O) groups excluding carboxylic acids is 1. The van der Waals surface area contributed by atoms with E-state index in [0.717, 1.165) is 19.4 Å². The van der Waals surface area contributed by atoms with Crippen molar-refractivity contribution in [2.75, 3.05) is 18.1 Å². The van der Waals surface area contributed by atoms with Crippen LogP contribution in [0.5, 0.6) is 0 Å². The Balaban J connectivity index is 1.61. The Labute approximate surface area is 124 Å². The molecule has 0 radical (unpaired) electrons. The summed E-state index contributed by atoms with van der Waals surface area (Å²) in [6.45, 7) is 0.761. The molecule has 2 amide bonds. The quantitative estimate of drug-likeness (QED) is 0.742. The van der Waals surface area contributed by atoms with Gasteiger partial charge in [0.25, 0.3) is 0 Å². The highest BCUT2D eigenvalue weighted by molar-refractivity contribution is 7.99. The van der Waals surface area contributed by atoms with E-state index in [-0.39, 0.29) is 18.0 Å². The van der Waals surface area contributed by atoms with Gasteiger partial charge in [0.15, 0.2) is 0 Å². The van der Waals surface area contributed by atoms with Crippen LogP contribution in [0.3, 0.4) is 0 Å². The number of hydrogen-bond acceptors (Lipinski definition) is 3. The highest BCUT2D eigenvalue weighted by Crippen LogP contribution is 2.24. The van der Waals surface area contributed by atoms with Crippen LogP contribution in [0.1, 0.15) is 38.5 Å². The second-order valence-corrected chi connectivity index (χ2v) is 7.02. The van der Waals surface area contributed by atoms with Crippen LogP contribution in [0.2, 0.25) is 0 Å². The molecule has 114 valence electrons. The molecule has 5 nitrogen and oxygen atoms in total. The van der Waals surface area contributed by atoms with E-state index in [1.165, 1.54) is 24.3 Å². The average Bonchev–Trinajstić information content (AvgIpc) is 2.47. The van der Waals surface area contributed by atoms with Crippen molar-refractivity contribution in [3.8, 4) is 0 Å². The van der Waals surface area contributed by atoms with Crippen molar-refractivity contribution < 1.29 is 14.7 Å². The van der Waals surface area contributed by atoms with Gasteiger partial charge < -0.3 is 15.7 Å². The number of nitrogens with one attached hydrogen (secondary N) is 2. The summed E-state index contributed by atoms with van der Waals surface area (Å²) < 4.78 is 0. The topological polar surface area (TPSA) is 78.4 Å². The third-order valence-corrected chi connectivity index (χ3v) is 5.35. The predicted octanol–water partition coefficient (Wildman–Crippen LogP) is 2.07. The van der Waals surface area contributed by atoms with Crippen LogP contribution in [0.25, 0.3) is 0 Å². The maximum Gasteiger partial charge on any atom is 0.315 e. The molecule has 0 bridgehead atoms. The van der Waals surface area contributed by atoms with Crippen LogP contribution in [-0.2, 0) is 4.79 Å². The van der Waals surface area contributed by atoms with E-state index in [0.29, 0.717) is 18.8 Å². The first-order valence-corrected chi connectivity index (χ1v) is 8.65. The van der Waals surface area contributed by atoms with E-state index in [1.807, 2.05) is 11.8 Å². The standard InChI is InChI=1S/C14H24N2O3S/c17-13(18)11-1-3-12(4-2-11)16-14(19)15-9-10-5-7-20-8-6-10/h10-12H,1-9H2,(H,17,18)(H2,15,16,19). The molecule has 1 heterocycles. The Kier molecular flexibility index (Phi) is 6.01. The lowest BCUT2D eigenvalue weighted by Crippen LogP contribution is -2.45. The lowest BCUT2D eigenvalue weighted by Gasteiger charge is -2.27. The number of aliphatic carboxylic acids is 1. The maximum absolute atomic E-state index is 11.8. The van der Waals surface area contributed by atoms with E-state index in [9.17, 15) is 9.59 Å². The van der Waals surface area contributed by atoms with Gasteiger partial charge >= 0.3 is 12.0 Å². The third kappa shape index (κ3) is 4.89. The Bertz CT molecular complexity index is 337. The van der Waals surface area contributed by atoms with Crippen LogP contribution in [-0.4, -0.2) is 41.2 Å². The summed E-state index contributed by atoms with van der Waals surface area (Å²) in [7, 11) is 0. The Morgan fingerprint density at radius 2 is 1.70 bits per heavy atom. The van der Waals surface area contributed by atoms with E-state index in [4.69, 9.17) is 5.11 Å². The fourth-order valence-electron chi connectivity index (χ4n) is 2.91. The lowest BCUT2D eigenvalue weighted by molar-refractivity contribution is -0.142.